The van der Waals surface area contributed by atoms with Crippen LogP contribution in [-0.2, 0) is 27.3 Å². The zero-order valence-electron chi connectivity index (χ0n) is 14.3. The highest BCUT2D eigenvalue weighted by Crippen LogP contribution is 2.29. The van der Waals surface area contributed by atoms with Crippen LogP contribution in [0.25, 0.3) is 23.2 Å². The Bertz CT molecular complexity index is 1130. The SMILES string of the molecule is Cn1c(=O)c2c(cc(/C=C/c3ccc(C(F)(F)F)cc3)n2C)n(C)c1=O. The fourth-order valence-electron chi connectivity index (χ4n) is 2.81. The Balaban J connectivity index is 2.04. The van der Waals surface area contributed by atoms with E-state index in [-0.39, 0.29) is 0 Å². The Morgan fingerprint density at radius 1 is 0.885 bits per heavy atom. The van der Waals surface area contributed by atoms with Crippen LogP contribution < -0.4 is 11.2 Å². The summed E-state index contributed by atoms with van der Waals surface area (Å²) in [4.78, 5) is 24.4. The molecule has 0 unspecified atom stereocenters. The van der Waals surface area contributed by atoms with Gasteiger partial charge in [0, 0.05) is 26.8 Å². The maximum atomic E-state index is 12.6. The maximum absolute atomic E-state index is 12.6. The summed E-state index contributed by atoms with van der Waals surface area (Å²) in [6.45, 7) is 0. The van der Waals surface area contributed by atoms with Gasteiger partial charge in [0.05, 0.1) is 11.1 Å². The highest BCUT2D eigenvalue weighted by atomic mass is 19.4. The second-order valence-corrected chi connectivity index (χ2v) is 6.02. The predicted molar refractivity (Wildman–Crippen MR) is 93.8 cm³/mol. The van der Waals surface area contributed by atoms with Gasteiger partial charge in [-0.25, -0.2) is 4.79 Å². The molecule has 2 aromatic heterocycles. The van der Waals surface area contributed by atoms with Crippen LogP contribution in [0, 0.1) is 0 Å². The molecule has 0 saturated carbocycles. The van der Waals surface area contributed by atoms with Crippen molar-refractivity contribution in [1.82, 2.24) is 13.7 Å². The molecule has 0 N–H and O–H groups in total. The van der Waals surface area contributed by atoms with Gasteiger partial charge in [-0.15, -0.1) is 0 Å². The lowest BCUT2D eigenvalue weighted by atomic mass is 10.1. The average Bonchev–Trinajstić information content (AvgIpc) is 2.92. The summed E-state index contributed by atoms with van der Waals surface area (Å²) in [5, 5.41) is 0. The predicted octanol–water partition coefficient (Wildman–Crippen LogP) is 2.76. The molecular formula is C18H16F3N3O2. The van der Waals surface area contributed by atoms with E-state index in [1.807, 2.05) is 0 Å². The van der Waals surface area contributed by atoms with Gasteiger partial charge in [0.1, 0.15) is 5.52 Å². The summed E-state index contributed by atoms with van der Waals surface area (Å²) in [6, 6.07) is 6.47. The minimum Gasteiger partial charge on any atom is -0.338 e. The van der Waals surface area contributed by atoms with E-state index >= 15 is 0 Å². The van der Waals surface area contributed by atoms with E-state index in [1.54, 1.807) is 36.9 Å². The van der Waals surface area contributed by atoms with E-state index < -0.39 is 23.0 Å². The van der Waals surface area contributed by atoms with Crippen molar-refractivity contribution in [3.8, 4) is 0 Å². The minimum absolute atomic E-state index is 0.377. The minimum atomic E-state index is -4.37. The van der Waals surface area contributed by atoms with Gasteiger partial charge in [0.15, 0.2) is 0 Å². The lowest BCUT2D eigenvalue weighted by Crippen LogP contribution is -2.37. The van der Waals surface area contributed by atoms with Crippen LogP contribution in [0.4, 0.5) is 13.2 Å². The third-order valence-electron chi connectivity index (χ3n) is 4.38. The first-order valence-corrected chi connectivity index (χ1v) is 7.72. The Kier molecular flexibility index (Phi) is 4.14. The van der Waals surface area contributed by atoms with Crippen molar-refractivity contribution in [2.75, 3.05) is 0 Å². The topological polar surface area (TPSA) is 48.9 Å². The summed E-state index contributed by atoms with van der Waals surface area (Å²) in [7, 11) is 4.68. The van der Waals surface area contributed by atoms with Gasteiger partial charge in [-0.3, -0.25) is 13.9 Å². The molecule has 0 radical (unpaired) electrons. The van der Waals surface area contributed by atoms with Crippen molar-refractivity contribution in [2.24, 2.45) is 21.1 Å². The summed E-state index contributed by atoms with van der Waals surface area (Å²) in [5.74, 6) is 0. The second-order valence-electron chi connectivity index (χ2n) is 6.02. The fraction of sp³-hybridized carbons (Fsp3) is 0.222. The fourth-order valence-corrected chi connectivity index (χ4v) is 2.81. The van der Waals surface area contributed by atoms with Crippen LogP contribution in [0.2, 0.25) is 0 Å². The maximum Gasteiger partial charge on any atom is 0.416 e. The standard InChI is InChI=1S/C18H16F3N3O2/c1-22-13(9-6-11-4-7-12(8-5-11)18(19,20)21)10-14-15(22)16(25)24(3)17(26)23(14)2/h4-10H,1-3H3/b9-6+. The van der Waals surface area contributed by atoms with E-state index in [0.717, 1.165) is 16.7 Å². The van der Waals surface area contributed by atoms with Crippen LogP contribution in [0.15, 0.2) is 39.9 Å². The molecule has 3 aromatic rings. The van der Waals surface area contributed by atoms with Crippen molar-refractivity contribution in [2.45, 2.75) is 6.18 Å². The van der Waals surface area contributed by atoms with E-state index in [4.69, 9.17) is 0 Å². The number of halogens is 3. The second kappa shape index (κ2) is 6.05. The molecule has 136 valence electrons. The molecule has 2 heterocycles. The molecule has 0 fully saturated rings. The van der Waals surface area contributed by atoms with Crippen molar-refractivity contribution < 1.29 is 13.2 Å². The van der Waals surface area contributed by atoms with Crippen molar-refractivity contribution >= 4 is 23.2 Å². The zero-order chi connectivity index (χ0) is 19.2. The van der Waals surface area contributed by atoms with Gasteiger partial charge >= 0.3 is 11.9 Å². The molecule has 0 saturated heterocycles. The number of hydrogen-bond acceptors (Lipinski definition) is 2. The van der Waals surface area contributed by atoms with E-state index in [0.29, 0.717) is 22.3 Å². The molecule has 0 aliphatic rings. The molecule has 0 aliphatic heterocycles. The molecule has 26 heavy (non-hydrogen) atoms. The Morgan fingerprint density at radius 2 is 1.50 bits per heavy atom. The highest BCUT2D eigenvalue weighted by Gasteiger charge is 2.29. The van der Waals surface area contributed by atoms with Gasteiger partial charge in [0.25, 0.3) is 5.56 Å². The lowest BCUT2D eigenvalue weighted by molar-refractivity contribution is -0.137. The molecule has 8 heteroatoms. The molecule has 0 bridgehead atoms. The molecule has 3 rings (SSSR count). The van der Waals surface area contributed by atoms with E-state index in [2.05, 4.69) is 0 Å². The number of hydrogen-bond donors (Lipinski definition) is 0. The first-order chi connectivity index (χ1) is 12.1. The van der Waals surface area contributed by atoms with Crippen molar-refractivity contribution in [1.29, 1.82) is 0 Å². The monoisotopic (exact) mass is 363 g/mol. The number of benzene rings is 1. The number of aromatic nitrogens is 3. The van der Waals surface area contributed by atoms with Crippen LogP contribution in [0.5, 0.6) is 0 Å². The normalized spacial score (nSPS) is 12.4. The number of alkyl halides is 3. The molecule has 0 atom stereocenters. The number of rotatable bonds is 2. The molecule has 0 aliphatic carbocycles. The van der Waals surface area contributed by atoms with E-state index in [1.165, 1.54) is 23.7 Å². The zero-order valence-corrected chi connectivity index (χ0v) is 14.3. The number of nitrogens with zero attached hydrogens (tertiary/aromatic N) is 3. The quantitative estimate of drug-likeness (QED) is 0.703. The van der Waals surface area contributed by atoms with Crippen LogP contribution >= 0.6 is 0 Å². The third kappa shape index (κ3) is 2.87. The Morgan fingerprint density at radius 3 is 2.08 bits per heavy atom. The molecular weight excluding hydrogens is 347 g/mol. The summed E-state index contributed by atoms with van der Waals surface area (Å²) < 4.78 is 41.9. The van der Waals surface area contributed by atoms with Crippen LogP contribution in [0.1, 0.15) is 16.8 Å². The van der Waals surface area contributed by atoms with Crippen LogP contribution in [-0.4, -0.2) is 13.7 Å². The average molecular weight is 363 g/mol. The van der Waals surface area contributed by atoms with Crippen LogP contribution in [0.3, 0.4) is 0 Å². The highest BCUT2D eigenvalue weighted by molar-refractivity contribution is 5.82. The Hall–Kier alpha value is -3.03. The summed E-state index contributed by atoms with van der Waals surface area (Å²) >= 11 is 0. The number of fused-ring (bicyclic) bond motifs is 1. The molecule has 0 amide bonds. The third-order valence-corrected chi connectivity index (χ3v) is 4.38. The van der Waals surface area contributed by atoms with Gasteiger partial charge < -0.3 is 4.57 Å². The largest absolute Gasteiger partial charge is 0.416 e. The molecule has 1 aromatic carbocycles. The smallest absolute Gasteiger partial charge is 0.338 e. The lowest BCUT2D eigenvalue weighted by Gasteiger charge is -2.06. The van der Waals surface area contributed by atoms with Crippen molar-refractivity contribution in [3.63, 3.8) is 0 Å². The first kappa shape index (κ1) is 17.8. The van der Waals surface area contributed by atoms with Gasteiger partial charge in [-0.1, -0.05) is 18.2 Å². The summed E-state index contributed by atoms with van der Waals surface area (Å²) in [6.07, 6.45) is -1.04. The van der Waals surface area contributed by atoms with Gasteiger partial charge in [-0.2, -0.15) is 13.2 Å². The van der Waals surface area contributed by atoms with Gasteiger partial charge in [-0.05, 0) is 29.8 Å². The van der Waals surface area contributed by atoms with E-state index in [9.17, 15) is 22.8 Å². The Labute approximate surface area is 146 Å². The van der Waals surface area contributed by atoms with Crippen molar-refractivity contribution in [3.05, 3.63) is 68.0 Å². The molecule has 0 spiro atoms. The first-order valence-electron chi connectivity index (χ1n) is 7.72. The molecule has 5 nitrogen and oxygen atoms in total. The summed E-state index contributed by atoms with van der Waals surface area (Å²) in [5.41, 5.74) is 0.571. The number of aryl methyl sites for hydroxylation is 2. The van der Waals surface area contributed by atoms with Gasteiger partial charge in [0.2, 0.25) is 0 Å².